The second-order valence-electron chi connectivity index (χ2n) is 6.59. The van der Waals surface area contributed by atoms with E-state index in [1.807, 2.05) is 44.2 Å². The Morgan fingerprint density at radius 3 is 2.45 bits per heavy atom. The van der Waals surface area contributed by atoms with Gasteiger partial charge in [-0.05, 0) is 56.3 Å². The van der Waals surface area contributed by atoms with Gasteiger partial charge < -0.3 is 14.4 Å². The van der Waals surface area contributed by atoms with Gasteiger partial charge in [0.05, 0.1) is 24.4 Å². The summed E-state index contributed by atoms with van der Waals surface area (Å²) in [4.78, 5) is 18.8. The molecule has 3 rings (SSSR count). The second kappa shape index (κ2) is 8.96. The van der Waals surface area contributed by atoms with Gasteiger partial charge in [0, 0.05) is 12.7 Å². The number of carbonyl (C=O) groups excluding carboxylic acids is 1. The molecule has 0 aliphatic rings. The van der Waals surface area contributed by atoms with Crippen molar-refractivity contribution in [2.45, 2.75) is 13.8 Å². The number of methoxy groups -OCH3 is 1. The zero-order valence-electron chi connectivity index (χ0n) is 16.8. The van der Waals surface area contributed by atoms with Gasteiger partial charge in [-0.15, -0.1) is 0 Å². The van der Waals surface area contributed by atoms with Crippen molar-refractivity contribution in [1.82, 2.24) is 19.7 Å². The Labute approximate surface area is 174 Å². The number of hydrogen-bond donors (Lipinski definition) is 0. The van der Waals surface area contributed by atoms with E-state index in [4.69, 9.17) is 21.1 Å². The lowest BCUT2D eigenvalue weighted by molar-refractivity contribution is 0.0768. The molecule has 0 fully saturated rings. The highest BCUT2D eigenvalue weighted by Gasteiger charge is 2.19. The van der Waals surface area contributed by atoms with Gasteiger partial charge in [-0.3, -0.25) is 4.79 Å². The summed E-state index contributed by atoms with van der Waals surface area (Å²) >= 11 is 6.24. The third kappa shape index (κ3) is 4.86. The first-order valence-electron chi connectivity index (χ1n) is 9.11. The van der Waals surface area contributed by atoms with E-state index in [0.29, 0.717) is 29.7 Å². The summed E-state index contributed by atoms with van der Waals surface area (Å²) in [5.41, 5.74) is 1.99. The van der Waals surface area contributed by atoms with Crippen LogP contribution in [0.25, 0.3) is 5.82 Å². The number of carbonyl (C=O) groups is 1. The lowest BCUT2D eigenvalue weighted by Crippen LogP contribution is -2.32. The van der Waals surface area contributed by atoms with Crippen LogP contribution in [0.4, 0.5) is 0 Å². The average molecular weight is 415 g/mol. The molecule has 1 amide bonds. The van der Waals surface area contributed by atoms with Gasteiger partial charge in [0.2, 0.25) is 0 Å². The van der Waals surface area contributed by atoms with E-state index in [1.54, 1.807) is 31.0 Å². The number of halogens is 1. The maximum Gasteiger partial charge on any atom is 0.273 e. The molecule has 1 aromatic carbocycles. The van der Waals surface area contributed by atoms with E-state index in [2.05, 4.69) is 10.1 Å². The summed E-state index contributed by atoms with van der Waals surface area (Å²) in [7, 11) is 3.30. The minimum Gasteiger partial charge on any atom is -0.497 e. The van der Waals surface area contributed by atoms with Crippen LogP contribution in [0.2, 0.25) is 5.02 Å². The lowest BCUT2D eigenvalue weighted by atomic mass is 10.3. The van der Waals surface area contributed by atoms with E-state index in [-0.39, 0.29) is 11.6 Å². The zero-order chi connectivity index (χ0) is 21.0. The Balaban J connectivity index is 1.67. The van der Waals surface area contributed by atoms with Crippen molar-refractivity contribution in [2.75, 3.05) is 27.3 Å². The molecule has 0 radical (unpaired) electrons. The predicted molar refractivity (Wildman–Crippen MR) is 111 cm³/mol. The maximum absolute atomic E-state index is 12.8. The van der Waals surface area contributed by atoms with Crippen molar-refractivity contribution in [2.24, 2.45) is 0 Å². The van der Waals surface area contributed by atoms with Crippen LogP contribution < -0.4 is 9.47 Å². The Morgan fingerprint density at radius 2 is 1.83 bits per heavy atom. The molecule has 0 atom stereocenters. The minimum atomic E-state index is -0.281. The van der Waals surface area contributed by atoms with Crippen LogP contribution in [0.15, 0.2) is 42.5 Å². The first kappa shape index (κ1) is 20.7. The van der Waals surface area contributed by atoms with Gasteiger partial charge in [-0.2, -0.15) is 5.10 Å². The summed E-state index contributed by atoms with van der Waals surface area (Å²) < 4.78 is 12.5. The van der Waals surface area contributed by atoms with Crippen LogP contribution in [-0.2, 0) is 0 Å². The van der Waals surface area contributed by atoms with Crippen molar-refractivity contribution in [3.8, 4) is 17.3 Å². The summed E-state index contributed by atoms with van der Waals surface area (Å²) in [6.07, 6.45) is 0. The largest absolute Gasteiger partial charge is 0.497 e. The Hall–Kier alpha value is -3.06. The first-order chi connectivity index (χ1) is 13.9. The number of nitrogens with zero attached hydrogens (tertiary/aromatic N) is 4. The SMILES string of the molecule is COc1ccc(OCCN(C)C(=O)c2nc(-n3nc(C)cc3C)ccc2Cl)cc1. The summed E-state index contributed by atoms with van der Waals surface area (Å²) in [5, 5.41) is 4.70. The fourth-order valence-corrected chi connectivity index (χ4v) is 3.00. The van der Waals surface area contributed by atoms with Crippen LogP contribution >= 0.6 is 11.6 Å². The molecule has 2 heterocycles. The highest BCUT2D eigenvalue weighted by Crippen LogP contribution is 2.20. The van der Waals surface area contributed by atoms with Crippen LogP contribution in [0.5, 0.6) is 11.5 Å². The van der Waals surface area contributed by atoms with E-state index in [0.717, 1.165) is 17.1 Å². The summed E-state index contributed by atoms with van der Waals surface area (Å²) in [6, 6.07) is 12.6. The number of likely N-dealkylation sites (N-methyl/N-ethyl adjacent to an activating group) is 1. The van der Waals surface area contributed by atoms with Gasteiger partial charge in [0.1, 0.15) is 23.8 Å². The maximum atomic E-state index is 12.8. The highest BCUT2D eigenvalue weighted by molar-refractivity contribution is 6.33. The van der Waals surface area contributed by atoms with Crippen LogP contribution in [0.3, 0.4) is 0 Å². The lowest BCUT2D eigenvalue weighted by Gasteiger charge is -2.18. The number of rotatable bonds is 7. The standard InChI is InChI=1S/C21H23ClN4O3/c1-14-13-15(2)26(24-14)19-10-9-18(22)20(23-19)21(27)25(3)11-12-29-17-7-5-16(28-4)6-8-17/h5-10,13H,11-12H2,1-4H3. The third-order valence-corrected chi connectivity index (χ3v) is 4.67. The normalized spacial score (nSPS) is 10.7. The van der Waals surface area contributed by atoms with Crippen molar-refractivity contribution < 1.29 is 14.3 Å². The molecule has 0 spiro atoms. The Bertz CT molecular complexity index is 1000. The van der Waals surface area contributed by atoms with E-state index < -0.39 is 0 Å². The molecule has 0 unspecified atom stereocenters. The average Bonchev–Trinajstić information content (AvgIpc) is 3.06. The molecule has 152 valence electrons. The Morgan fingerprint density at radius 1 is 1.14 bits per heavy atom. The van der Waals surface area contributed by atoms with Crippen LogP contribution in [0, 0.1) is 13.8 Å². The van der Waals surface area contributed by atoms with Crippen molar-refractivity contribution in [3.63, 3.8) is 0 Å². The van der Waals surface area contributed by atoms with Gasteiger partial charge in [-0.1, -0.05) is 11.6 Å². The van der Waals surface area contributed by atoms with Crippen molar-refractivity contribution in [1.29, 1.82) is 0 Å². The van der Waals surface area contributed by atoms with Crippen molar-refractivity contribution in [3.05, 3.63) is 64.6 Å². The first-order valence-corrected chi connectivity index (χ1v) is 9.49. The van der Waals surface area contributed by atoms with E-state index in [9.17, 15) is 4.79 Å². The minimum absolute atomic E-state index is 0.184. The number of hydrogen-bond acceptors (Lipinski definition) is 5. The van der Waals surface area contributed by atoms with E-state index >= 15 is 0 Å². The van der Waals surface area contributed by atoms with Crippen LogP contribution in [-0.4, -0.2) is 52.9 Å². The smallest absolute Gasteiger partial charge is 0.273 e. The van der Waals surface area contributed by atoms with E-state index in [1.165, 1.54) is 4.90 Å². The number of amides is 1. The van der Waals surface area contributed by atoms with Gasteiger partial charge >= 0.3 is 0 Å². The number of aromatic nitrogens is 3. The van der Waals surface area contributed by atoms with Gasteiger partial charge in [0.25, 0.3) is 5.91 Å². The fraction of sp³-hybridized carbons (Fsp3) is 0.286. The number of aryl methyl sites for hydroxylation is 2. The molecule has 0 aliphatic carbocycles. The topological polar surface area (TPSA) is 69.5 Å². The molecule has 2 aromatic heterocycles. The predicted octanol–water partition coefficient (Wildman–Crippen LogP) is 3.70. The zero-order valence-corrected chi connectivity index (χ0v) is 17.6. The van der Waals surface area contributed by atoms with Gasteiger partial charge in [0.15, 0.2) is 5.82 Å². The molecule has 0 saturated heterocycles. The molecule has 0 saturated carbocycles. The van der Waals surface area contributed by atoms with Crippen molar-refractivity contribution >= 4 is 17.5 Å². The monoisotopic (exact) mass is 414 g/mol. The molecular weight excluding hydrogens is 392 g/mol. The quantitative estimate of drug-likeness (QED) is 0.589. The molecular formula is C21H23ClN4O3. The molecule has 0 bridgehead atoms. The molecule has 7 nitrogen and oxygen atoms in total. The summed E-state index contributed by atoms with van der Waals surface area (Å²) in [6.45, 7) is 4.55. The van der Waals surface area contributed by atoms with Gasteiger partial charge in [-0.25, -0.2) is 9.67 Å². The third-order valence-electron chi connectivity index (χ3n) is 4.36. The number of pyridine rings is 1. The number of benzene rings is 1. The fourth-order valence-electron chi connectivity index (χ4n) is 2.82. The van der Waals surface area contributed by atoms with Crippen LogP contribution in [0.1, 0.15) is 21.9 Å². The molecule has 8 heteroatoms. The molecule has 29 heavy (non-hydrogen) atoms. The molecule has 3 aromatic rings. The Kier molecular flexibility index (Phi) is 6.39. The molecule has 0 N–H and O–H groups in total. The summed E-state index contributed by atoms with van der Waals surface area (Å²) in [5.74, 6) is 1.73. The number of ether oxygens (including phenoxy) is 2. The highest BCUT2D eigenvalue weighted by atomic mass is 35.5. The molecule has 0 aliphatic heterocycles. The second-order valence-corrected chi connectivity index (χ2v) is 7.00.